The van der Waals surface area contributed by atoms with Crippen molar-refractivity contribution >= 4 is 25.4 Å². The first-order valence-corrected chi connectivity index (χ1v) is 11.4. The molecule has 0 radical (unpaired) electrons. The molecule has 0 aliphatic carbocycles. The van der Waals surface area contributed by atoms with Gasteiger partial charge in [-0.25, -0.2) is 16.8 Å². The highest BCUT2D eigenvalue weighted by atomic mass is 32.2. The molecule has 25 heavy (non-hydrogen) atoms. The monoisotopic (exact) mass is 394 g/mol. The number of alkyl halides is 2. The number of sulfone groups is 2. The minimum absolute atomic E-state index is 0.0747. The first-order valence-electron chi connectivity index (χ1n) is 8.00. The fourth-order valence-electron chi connectivity index (χ4n) is 3.36. The predicted octanol–water partition coefficient (Wildman–Crippen LogP) is 0.992. The minimum atomic E-state index is -4.57. The van der Waals surface area contributed by atoms with Crippen LogP contribution in [0.4, 0.5) is 14.5 Å². The third-order valence-corrected chi connectivity index (χ3v) is 7.95. The van der Waals surface area contributed by atoms with Gasteiger partial charge in [-0.2, -0.15) is 8.78 Å². The molecule has 0 bridgehead atoms. The SMILES string of the molecule is O=S1(=O)CCC(N2CCN(c3ccc(S(=O)(=O)C(F)F)cc3)CC2)C1. The molecule has 2 saturated heterocycles. The summed E-state index contributed by atoms with van der Waals surface area (Å²) >= 11 is 0. The Labute approximate surface area is 146 Å². The number of hydrogen-bond acceptors (Lipinski definition) is 6. The molecule has 10 heteroatoms. The van der Waals surface area contributed by atoms with E-state index in [2.05, 4.69) is 4.90 Å². The summed E-state index contributed by atoms with van der Waals surface area (Å²) in [4.78, 5) is 3.83. The molecule has 2 aliphatic heterocycles. The summed E-state index contributed by atoms with van der Waals surface area (Å²) in [5, 5.41) is 0. The molecule has 2 heterocycles. The van der Waals surface area contributed by atoms with Crippen LogP contribution in [0.25, 0.3) is 0 Å². The maximum atomic E-state index is 12.6. The van der Waals surface area contributed by atoms with Crippen LogP contribution in [-0.4, -0.2) is 71.2 Å². The summed E-state index contributed by atoms with van der Waals surface area (Å²) < 4.78 is 71.2. The summed E-state index contributed by atoms with van der Waals surface area (Å²) in [5.41, 5.74) is 0.770. The standard InChI is InChI=1S/C15H20F2N2O4S2/c16-15(17)25(22,23)14-3-1-12(2-4-14)18-6-8-19(9-7-18)13-5-10-24(20,21)11-13/h1-4,13,15H,5-11H2. The van der Waals surface area contributed by atoms with Crippen molar-refractivity contribution in [3.63, 3.8) is 0 Å². The van der Waals surface area contributed by atoms with Crippen molar-refractivity contribution < 1.29 is 25.6 Å². The van der Waals surface area contributed by atoms with Crippen LogP contribution in [0.5, 0.6) is 0 Å². The lowest BCUT2D eigenvalue weighted by molar-refractivity contribution is 0.200. The molecule has 2 aliphatic rings. The molecule has 0 saturated carbocycles. The van der Waals surface area contributed by atoms with Gasteiger partial charge in [0.2, 0.25) is 9.84 Å². The number of hydrogen-bond donors (Lipinski definition) is 0. The van der Waals surface area contributed by atoms with Crippen LogP contribution < -0.4 is 4.90 Å². The maximum Gasteiger partial charge on any atom is 0.341 e. The van der Waals surface area contributed by atoms with E-state index in [1.807, 2.05) is 4.90 Å². The fraction of sp³-hybridized carbons (Fsp3) is 0.600. The minimum Gasteiger partial charge on any atom is -0.369 e. The van der Waals surface area contributed by atoms with Crippen LogP contribution in [0.15, 0.2) is 29.2 Å². The Bertz CT molecular complexity index is 818. The van der Waals surface area contributed by atoms with E-state index in [1.165, 1.54) is 24.3 Å². The molecule has 1 unspecified atom stereocenters. The zero-order valence-corrected chi connectivity index (χ0v) is 15.1. The van der Waals surface area contributed by atoms with Gasteiger partial charge in [0, 0.05) is 37.9 Å². The first-order chi connectivity index (χ1) is 11.7. The Balaban J connectivity index is 1.62. The van der Waals surface area contributed by atoms with Crippen LogP contribution in [0, 0.1) is 0 Å². The van der Waals surface area contributed by atoms with Crippen molar-refractivity contribution in [1.29, 1.82) is 0 Å². The van der Waals surface area contributed by atoms with Crippen LogP contribution in [-0.2, 0) is 19.7 Å². The largest absolute Gasteiger partial charge is 0.369 e. The summed E-state index contributed by atoms with van der Waals surface area (Å²) in [5.74, 6) is -2.96. The average Bonchev–Trinajstić information content (AvgIpc) is 2.95. The number of halogens is 2. The van der Waals surface area contributed by atoms with Crippen molar-refractivity contribution in [2.24, 2.45) is 0 Å². The molecule has 0 amide bonds. The van der Waals surface area contributed by atoms with Gasteiger partial charge in [-0.05, 0) is 30.7 Å². The quantitative estimate of drug-likeness (QED) is 0.758. The van der Waals surface area contributed by atoms with Gasteiger partial charge >= 0.3 is 5.76 Å². The molecule has 0 aromatic heterocycles. The van der Waals surface area contributed by atoms with E-state index in [-0.39, 0.29) is 22.4 Å². The lowest BCUT2D eigenvalue weighted by Crippen LogP contribution is -2.50. The highest BCUT2D eigenvalue weighted by Crippen LogP contribution is 2.24. The van der Waals surface area contributed by atoms with Gasteiger partial charge in [0.1, 0.15) is 0 Å². The number of anilines is 1. The van der Waals surface area contributed by atoms with E-state index < -0.39 is 25.4 Å². The topological polar surface area (TPSA) is 74.8 Å². The second kappa shape index (κ2) is 6.81. The van der Waals surface area contributed by atoms with Gasteiger partial charge in [-0.1, -0.05) is 0 Å². The molecular formula is C15H20F2N2O4S2. The highest BCUT2D eigenvalue weighted by Gasteiger charge is 2.33. The Morgan fingerprint density at radius 2 is 1.64 bits per heavy atom. The van der Waals surface area contributed by atoms with Crippen LogP contribution >= 0.6 is 0 Å². The van der Waals surface area contributed by atoms with E-state index in [0.717, 1.165) is 18.8 Å². The van der Waals surface area contributed by atoms with Crippen molar-refractivity contribution in [1.82, 2.24) is 4.90 Å². The Kier molecular flexibility index (Phi) is 5.04. The van der Waals surface area contributed by atoms with Crippen LogP contribution in [0.1, 0.15) is 6.42 Å². The van der Waals surface area contributed by atoms with Crippen LogP contribution in [0.3, 0.4) is 0 Å². The van der Waals surface area contributed by atoms with Crippen molar-refractivity contribution in [3.05, 3.63) is 24.3 Å². The smallest absolute Gasteiger partial charge is 0.341 e. The highest BCUT2D eigenvalue weighted by molar-refractivity contribution is 7.92. The van der Waals surface area contributed by atoms with E-state index in [9.17, 15) is 25.6 Å². The second-order valence-corrected chi connectivity index (χ2v) is 10.5. The summed E-state index contributed by atoms with van der Waals surface area (Å²) in [6, 6.07) is 5.54. The second-order valence-electron chi connectivity index (χ2n) is 6.38. The van der Waals surface area contributed by atoms with Gasteiger partial charge < -0.3 is 4.90 Å². The number of piperazine rings is 1. The van der Waals surface area contributed by atoms with E-state index in [1.54, 1.807) is 0 Å². The van der Waals surface area contributed by atoms with Crippen molar-refractivity contribution in [3.8, 4) is 0 Å². The Hall–Kier alpha value is -1.26. The Morgan fingerprint density at radius 3 is 2.12 bits per heavy atom. The third-order valence-electron chi connectivity index (χ3n) is 4.80. The molecule has 3 rings (SSSR count). The molecule has 1 atom stereocenters. The number of nitrogens with zero attached hydrogens (tertiary/aromatic N) is 2. The maximum absolute atomic E-state index is 12.6. The molecule has 0 N–H and O–H groups in total. The number of benzene rings is 1. The van der Waals surface area contributed by atoms with Crippen molar-refractivity contribution in [2.75, 3.05) is 42.6 Å². The lowest BCUT2D eigenvalue weighted by atomic mass is 10.2. The van der Waals surface area contributed by atoms with Gasteiger partial charge in [-0.15, -0.1) is 0 Å². The molecule has 0 spiro atoms. The van der Waals surface area contributed by atoms with Gasteiger partial charge in [-0.3, -0.25) is 4.90 Å². The van der Waals surface area contributed by atoms with E-state index in [0.29, 0.717) is 19.5 Å². The molecular weight excluding hydrogens is 374 g/mol. The van der Waals surface area contributed by atoms with E-state index in [4.69, 9.17) is 0 Å². The van der Waals surface area contributed by atoms with Gasteiger partial charge in [0.15, 0.2) is 9.84 Å². The number of rotatable bonds is 4. The Morgan fingerprint density at radius 1 is 1.04 bits per heavy atom. The zero-order chi connectivity index (χ0) is 18.2. The molecule has 1 aromatic carbocycles. The average molecular weight is 394 g/mol. The molecule has 2 fully saturated rings. The lowest BCUT2D eigenvalue weighted by Gasteiger charge is -2.38. The summed E-state index contributed by atoms with van der Waals surface area (Å²) in [6.07, 6.45) is 0.669. The van der Waals surface area contributed by atoms with Gasteiger partial charge in [0.25, 0.3) is 0 Å². The molecule has 1 aromatic rings. The summed E-state index contributed by atoms with van der Waals surface area (Å²) in [7, 11) is -7.48. The molecule has 140 valence electrons. The first kappa shape index (κ1) is 18.5. The fourth-order valence-corrected chi connectivity index (χ4v) is 5.84. The van der Waals surface area contributed by atoms with E-state index >= 15 is 0 Å². The third kappa shape index (κ3) is 3.95. The van der Waals surface area contributed by atoms with Gasteiger partial charge in [0.05, 0.1) is 16.4 Å². The van der Waals surface area contributed by atoms with Crippen molar-refractivity contribution in [2.45, 2.75) is 23.1 Å². The van der Waals surface area contributed by atoms with Crippen LogP contribution in [0.2, 0.25) is 0 Å². The summed E-state index contributed by atoms with van der Waals surface area (Å²) in [6.45, 7) is 2.80. The molecule has 6 nitrogen and oxygen atoms in total. The predicted molar refractivity (Wildman–Crippen MR) is 90.5 cm³/mol. The normalized spacial score (nSPS) is 24.8. The zero-order valence-electron chi connectivity index (χ0n) is 13.5.